The number of unbranched alkanes of at least 4 members (excludes halogenated alkanes) is 1. The zero-order chi connectivity index (χ0) is 20.7. The molecule has 0 bridgehead atoms. The van der Waals surface area contributed by atoms with E-state index in [-0.39, 0.29) is 0 Å². The van der Waals surface area contributed by atoms with Crippen LogP contribution in [0.25, 0.3) is 0 Å². The number of ether oxygens (including phenoxy) is 2. The molecular weight excluding hydrogens is 352 g/mol. The third kappa shape index (κ3) is 5.91. The van der Waals surface area contributed by atoms with E-state index < -0.39 is 11.7 Å². The Morgan fingerprint density at radius 3 is 2.04 bits per heavy atom. The average molecular weight is 385 g/mol. The number of nitrogens with zero attached hydrogens (tertiary/aromatic N) is 2. The third-order valence-corrected chi connectivity index (χ3v) is 4.18. The first-order valence-corrected chi connectivity index (χ1v) is 9.76. The Hall–Kier alpha value is -2.69. The van der Waals surface area contributed by atoms with E-state index in [4.69, 9.17) is 9.47 Å². The summed E-state index contributed by atoms with van der Waals surface area (Å²) in [6, 6.07) is 15.6. The van der Waals surface area contributed by atoms with Crippen molar-refractivity contribution in [3.63, 3.8) is 0 Å². The van der Waals surface area contributed by atoms with Gasteiger partial charge in [-0.05, 0) is 70.5 Å². The summed E-state index contributed by atoms with van der Waals surface area (Å²) in [4.78, 5) is 13.2. The number of hydrogen-bond acceptors (Lipinski definition) is 4. The normalized spacial score (nSPS) is 11.1. The van der Waals surface area contributed by atoms with Crippen molar-refractivity contribution in [1.29, 1.82) is 0 Å². The first kappa shape index (κ1) is 21.6. The van der Waals surface area contributed by atoms with Crippen molar-refractivity contribution in [2.75, 3.05) is 23.7 Å². The van der Waals surface area contributed by atoms with Gasteiger partial charge in [0.05, 0.1) is 18.5 Å². The molecule has 0 atom stereocenters. The van der Waals surface area contributed by atoms with Crippen LogP contribution in [0.1, 0.15) is 46.1 Å². The molecule has 0 saturated carbocycles. The Morgan fingerprint density at radius 2 is 1.54 bits per heavy atom. The van der Waals surface area contributed by atoms with Gasteiger partial charge in [0.25, 0.3) is 0 Å². The Kier molecular flexibility index (Phi) is 7.32. The molecule has 0 fully saturated rings. The highest BCUT2D eigenvalue weighted by Gasteiger charge is 2.29. The van der Waals surface area contributed by atoms with Gasteiger partial charge in [-0.15, -0.1) is 0 Å². The van der Waals surface area contributed by atoms with E-state index in [0.717, 1.165) is 30.0 Å². The van der Waals surface area contributed by atoms with Crippen molar-refractivity contribution in [2.24, 2.45) is 0 Å². The molecule has 0 radical (unpaired) electrons. The van der Waals surface area contributed by atoms with Gasteiger partial charge in [0.2, 0.25) is 0 Å². The molecule has 0 spiro atoms. The number of benzene rings is 2. The molecule has 0 aromatic heterocycles. The second-order valence-electron chi connectivity index (χ2n) is 7.80. The molecule has 2 rings (SSSR count). The van der Waals surface area contributed by atoms with Crippen LogP contribution in [0.3, 0.4) is 0 Å². The van der Waals surface area contributed by atoms with Gasteiger partial charge < -0.3 is 9.47 Å². The smallest absolute Gasteiger partial charge is 0.434 e. The molecule has 0 aliphatic rings. The van der Waals surface area contributed by atoms with Gasteiger partial charge in [-0.1, -0.05) is 31.0 Å². The van der Waals surface area contributed by atoms with E-state index in [0.29, 0.717) is 6.54 Å². The standard InChI is InChI=1S/C23H32N2O3/c1-7-8-17-24(19-11-9-18(2)10-12-19)25(22(26)28-23(3,4)5)20-13-15-21(27-6)16-14-20/h9-16H,7-8,17H2,1-6H3. The number of hydrazine groups is 1. The van der Waals surface area contributed by atoms with Crippen LogP contribution in [-0.4, -0.2) is 25.3 Å². The van der Waals surface area contributed by atoms with Crippen molar-refractivity contribution in [1.82, 2.24) is 0 Å². The maximum absolute atomic E-state index is 13.2. The number of hydrogen-bond donors (Lipinski definition) is 0. The van der Waals surface area contributed by atoms with Crippen molar-refractivity contribution in [3.05, 3.63) is 54.1 Å². The molecule has 1 amide bonds. The summed E-state index contributed by atoms with van der Waals surface area (Å²) in [6.07, 6.45) is 1.56. The molecule has 2 aromatic rings. The lowest BCUT2D eigenvalue weighted by atomic mass is 10.2. The van der Waals surface area contributed by atoms with Crippen LogP contribution in [0.15, 0.2) is 48.5 Å². The topological polar surface area (TPSA) is 42.0 Å². The van der Waals surface area contributed by atoms with E-state index in [1.54, 1.807) is 12.1 Å². The highest BCUT2D eigenvalue weighted by Crippen LogP contribution is 2.27. The van der Waals surface area contributed by atoms with E-state index >= 15 is 0 Å². The van der Waals surface area contributed by atoms with Crippen LogP contribution in [0.2, 0.25) is 0 Å². The quantitative estimate of drug-likeness (QED) is 0.552. The maximum Gasteiger partial charge on any atom is 0.434 e. The number of carbonyl (C=O) groups is 1. The summed E-state index contributed by atoms with van der Waals surface area (Å²) in [6.45, 7) is 10.5. The fraction of sp³-hybridized carbons (Fsp3) is 0.435. The van der Waals surface area contributed by atoms with Crippen LogP contribution in [-0.2, 0) is 4.74 Å². The largest absolute Gasteiger partial charge is 0.497 e. The van der Waals surface area contributed by atoms with E-state index in [1.165, 1.54) is 5.56 Å². The average Bonchev–Trinajstić information content (AvgIpc) is 2.64. The van der Waals surface area contributed by atoms with Gasteiger partial charge in [0, 0.05) is 6.54 Å². The zero-order valence-electron chi connectivity index (χ0n) is 17.9. The first-order valence-electron chi connectivity index (χ1n) is 9.76. The summed E-state index contributed by atoms with van der Waals surface area (Å²) in [5.74, 6) is 0.739. The Morgan fingerprint density at radius 1 is 0.964 bits per heavy atom. The second-order valence-corrected chi connectivity index (χ2v) is 7.80. The Bertz CT molecular complexity index is 749. The van der Waals surface area contributed by atoms with Gasteiger partial charge in [-0.3, -0.25) is 5.01 Å². The van der Waals surface area contributed by atoms with Gasteiger partial charge in [0.1, 0.15) is 11.4 Å². The summed E-state index contributed by atoms with van der Waals surface area (Å²) in [7, 11) is 1.63. The minimum absolute atomic E-state index is 0.408. The molecule has 0 N–H and O–H groups in total. The molecule has 0 heterocycles. The lowest BCUT2D eigenvalue weighted by molar-refractivity contribution is 0.0575. The predicted molar refractivity (Wildman–Crippen MR) is 115 cm³/mol. The number of anilines is 2. The molecule has 2 aromatic carbocycles. The minimum atomic E-state index is -0.592. The molecule has 0 aliphatic carbocycles. The Labute approximate surface area is 168 Å². The van der Waals surface area contributed by atoms with Crippen molar-refractivity contribution < 1.29 is 14.3 Å². The maximum atomic E-state index is 13.2. The number of rotatable bonds is 7. The van der Waals surface area contributed by atoms with Crippen molar-refractivity contribution >= 4 is 17.5 Å². The summed E-state index contributed by atoms with van der Waals surface area (Å²) in [5.41, 5.74) is 2.26. The minimum Gasteiger partial charge on any atom is -0.497 e. The van der Waals surface area contributed by atoms with Gasteiger partial charge in [0.15, 0.2) is 0 Å². The van der Waals surface area contributed by atoms with Crippen molar-refractivity contribution in [2.45, 2.75) is 53.1 Å². The second kappa shape index (κ2) is 9.49. The predicted octanol–water partition coefficient (Wildman–Crippen LogP) is 5.97. The molecule has 0 saturated heterocycles. The molecule has 5 heteroatoms. The highest BCUT2D eigenvalue weighted by molar-refractivity contribution is 5.91. The number of methoxy groups -OCH3 is 1. The summed E-state index contributed by atoms with van der Waals surface area (Å²) >= 11 is 0. The summed E-state index contributed by atoms with van der Waals surface area (Å²) in [5, 5.41) is 3.60. The van der Waals surface area contributed by atoms with E-state index in [1.807, 2.05) is 62.2 Å². The lowest BCUT2D eigenvalue weighted by Crippen LogP contribution is -2.49. The molecular formula is C23H32N2O3. The van der Waals surface area contributed by atoms with Crippen molar-refractivity contribution in [3.8, 4) is 5.75 Å². The third-order valence-electron chi connectivity index (χ3n) is 4.18. The highest BCUT2D eigenvalue weighted by atomic mass is 16.6. The van der Waals surface area contributed by atoms with Crippen LogP contribution in [0.4, 0.5) is 16.2 Å². The summed E-state index contributed by atoms with van der Waals surface area (Å²) < 4.78 is 11.0. The Balaban J connectivity index is 2.49. The number of carbonyl (C=O) groups excluding carboxylic acids is 1. The van der Waals surface area contributed by atoms with Crippen LogP contribution < -0.4 is 14.8 Å². The van der Waals surface area contributed by atoms with Gasteiger partial charge in [-0.2, -0.15) is 5.01 Å². The van der Waals surface area contributed by atoms with Gasteiger partial charge in [-0.25, -0.2) is 4.79 Å². The molecule has 5 nitrogen and oxygen atoms in total. The van der Waals surface area contributed by atoms with Gasteiger partial charge >= 0.3 is 6.09 Å². The van der Waals surface area contributed by atoms with E-state index in [2.05, 4.69) is 26.0 Å². The molecule has 0 unspecified atom stereocenters. The number of aryl methyl sites for hydroxylation is 1. The number of amides is 1. The van der Waals surface area contributed by atoms with Crippen LogP contribution >= 0.6 is 0 Å². The lowest BCUT2D eigenvalue weighted by Gasteiger charge is -2.37. The molecule has 0 aliphatic heterocycles. The van der Waals surface area contributed by atoms with Crippen LogP contribution in [0, 0.1) is 6.92 Å². The first-order chi connectivity index (χ1) is 13.2. The monoisotopic (exact) mass is 384 g/mol. The fourth-order valence-electron chi connectivity index (χ4n) is 2.74. The van der Waals surface area contributed by atoms with Crippen LogP contribution in [0.5, 0.6) is 5.75 Å². The molecule has 152 valence electrons. The molecule has 28 heavy (non-hydrogen) atoms. The fourth-order valence-corrected chi connectivity index (χ4v) is 2.74. The SMILES string of the molecule is CCCCN(c1ccc(C)cc1)N(C(=O)OC(C)(C)C)c1ccc(OC)cc1. The zero-order valence-corrected chi connectivity index (χ0v) is 17.9. The van der Waals surface area contributed by atoms with E-state index in [9.17, 15) is 4.79 Å².